The Morgan fingerprint density at radius 2 is 1.59 bits per heavy atom. The standard InChI is InChI=1S/C27H28N4O/c1-31-24(32)27(30-25(31)29,26-13-18-8-19(14-26)10-20(9-18)15-26)23-7-3-6-22(12-23)21-5-2-4-17(11-21)16-28/h2-7,11-12,18-20H,8-10,13-15H2,1H3,(H2,29,30). The lowest BCUT2D eigenvalue weighted by molar-refractivity contribution is -0.149. The highest BCUT2D eigenvalue weighted by atomic mass is 16.2. The number of likely N-dealkylation sites (N-methyl/N-ethyl adjacent to an activating group) is 1. The largest absolute Gasteiger partial charge is 0.369 e. The van der Waals surface area contributed by atoms with E-state index in [9.17, 15) is 10.1 Å². The van der Waals surface area contributed by atoms with Crippen LogP contribution in [-0.2, 0) is 10.3 Å². The Hall–Kier alpha value is -3.13. The molecule has 4 aliphatic carbocycles. The molecule has 1 atom stereocenters. The Morgan fingerprint density at radius 1 is 1.00 bits per heavy atom. The molecule has 2 aromatic rings. The molecule has 1 heterocycles. The highest BCUT2D eigenvalue weighted by Gasteiger charge is 2.67. The van der Waals surface area contributed by atoms with Gasteiger partial charge < -0.3 is 5.73 Å². The van der Waals surface area contributed by atoms with Crippen LogP contribution in [0.25, 0.3) is 11.1 Å². The fraction of sp³-hybridized carbons (Fsp3) is 0.444. The molecule has 2 N–H and O–H groups in total. The van der Waals surface area contributed by atoms with Gasteiger partial charge in [0, 0.05) is 12.5 Å². The number of nitrogens with two attached hydrogens (primary N) is 1. The third-order valence-corrected chi connectivity index (χ3v) is 8.65. The number of benzene rings is 2. The first-order chi connectivity index (χ1) is 15.4. The molecule has 1 unspecified atom stereocenters. The van der Waals surface area contributed by atoms with Gasteiger partial charge in [-0.2, -0.15) is 5.26 Å². The first-order valence-electron chi connectivity index (χ1n) is 11.7. The van der Waals surface area contributed by atoms with E-state index in [0.29, 0.717) is 29.3 Å². The highest BCUT2D eigenvalue weighted by Crippen LogP contribution is 2.67. The minimum atomic E-state index is -0.954. The van der Waals surface area contributed by atoms with Gasteiger partial charge in [0.05, 0.1) is 11.6 Å². The van der Waals surface area contributed by atoms with Crippen LogP contribution in [0.1, 0.15) is 49.7 Å². The van der Waals surface area contributed by atoms with Crippen LogP contribution in [0.4, 0.5) is 0 Å². The summed E-state index contributed by atoms with van der Waals surface area (Å²) in [5.74, 6) is 2.43. The van der Waals surface area contributed by atoms with Crippen LogP contribution in [0, 0.1) is 34.5 Å². The predicted octanol–water partition coefficient (Wildman–Crippen LogP) is 4.42. The normalized spacial score (nSPS) is 35.1. The third-order valence-electron chi connectivity index (χ3n) is 8.65. The molecular formula is C27H28N4O. The summed E-state index contributed by atoms with van der Waals surface area (Å²) < 4.78 is 0. The van der Waals surface area contributed by atoms with E-state index in [4.69, 9.17) is 10.7 Å². The lowest BCUT2D eigenvalue weighted by Crippen LogP contribution is -2.59. The van der Waals surface area contributed by atoms with Crippen molar-refractivity contribution in [3.05, 3.63) is 59.7 Å². The first-order valence-corrected chi connectivity index (χ1v) is 11.7. The second-order valence-electron chi connectivity index (χ2n) is 10.5. The summed E-state index contributed by atoms with van der Waals surface area (Å²) in [4.78, 5) is 20.6. The Balaban J connectivity index is 1.54. The van der Waals surface area contributed by atoms with E-state index in [2.05, 4.69) is 18.2 Å². The SMILES string of the molecule is CN1C(=O)C(c2cccc(-c3cccc(C#N)c3)c2)(C23CC4CC(CC(C4)C2)C3)N=C1N. The lowest BCUT2D eigenvalue weighted by Gasteiger charge is -2.61. The van der Waals surface area contributed by atoms with Gasteiger partial charge in [0.2, 0.25) is 0 Å². The lowest BCUT2D eigenvalue weighted by atomic mass is 9.43. The molecule has 32 heavy (non-hydrogen) atoms. The van der Waals surface area contributed by atoms with Crippen LogP contribution >= 0.6 is 0 Å². The van der Waals surface area contributed by atoms with E-state index < -0.39 is 5.54 Å². The van der Waals surface area contributed by atoms with Gasteiger partial charge >= 0.3 is 0 Å². The molecule has 0 aromatic heterocycles. The van der Waals surface area contributed by atoms with Gasteiger partial charge in [-0.3, -0.25) is 9.69 Å². The molecule has 5 heteroatoms. The van der Waals surface area contributed by atoms with Crippen molar-refractivity contribution in [3.8, 4) is 17.2 Å². The Labute approximate surface area is 188 Å². The van der Waals surface area contributed by atoms with Crippen LogP contribution in [0.3, 0.4) is 0 Å². The fourth-order valence-electron chi connectivity index (χ4n) is 7.73. The molecule has 4 fully saturated rings. The van der Waals surface area contributed by atoms with Gasteiger partial charge in [0.15, 0.2) is 11.5 Å². The van der Waals surface area contributed by atoms with E-state index in [0.717, 1.165) is 36.0 Å². The second-order valence-corrected chi connectivity index (χ2v) is 10.5. The number of rotatable bonds is 3. The topological polar surface area (TPSA) is 82.5 Å². The Morgan fingerprint density at radius 3 is 2.16 bits per heavy atom. The molecule has 162 valence electrons. The maximum atomic E-state index is 14.0. The zero-order chi connectivity index (χ0) is 22.1. The molecule has 0 spiro atoms. The van der Waals surface area contributed by atoms with E-state index >= 15 is 0 Å². The van der Waals surface area contributed by atoms with Crippen molar-refractivity contribution < 1.29 is 4.79 Å². The zero-order valence-corrected chi connectivity index (χ0v) is 18.4. The van der Waals surface area contributed by atoms with E-state index in [-0.39, 0.29) is 11.3 Å². The Kier molecular flexibility index (Phi) is 4.08. The second kappa shape index (κ2) is 6.68. The summed E-state index contributed by atoms with van der Waals surface area (Å²) in [6, 6.07) is 18.1. The van der Waals surface area contributed by atoms with Gasteiger partial charge in [-0.1, -0.05) is 30.3 Å². The van der Waals surface area contributed by atoms with Crippen molar-refractivity contribution in [1.82, 2.24) is 4.90 Å². The van der Waals surface area contributed by atoms with Crippen molar-refractivity contribution in [3.63, 3.8) is 0 Å². The molecule has 1 aliphatic heterocycles. The number of guanidine groups is 1. The molecule has 5 aliphatic rings. The fourth-order valence-corrected chi connectivity index (χ4v) is 7.73. The summed E-state index contributed by atoms with van der Waals surface area (Å²) in [5.41, 5.74) is 8.73. The van der Waals surface area contributed by atoms with Gasteiger partial charge in [-0.05, 0) is 91.2 Å². The molecule has 0 radical (unpaired) electrons. The smallest absolute Gasteiger partial charge is 0.262 e. The molecule has 4 bridgehead atoms. The predicted molar refractivity (Wildman–Crippen MR) is 123 cm³/mol. The number of hydrogen-bond acceptors (Lipinski definition) is 4. The average molecular weight is 425 g/mol. The van der Waals surface area contributed by atoms with Crippen LogP contribution < -0.4 is 5.73 Å². The van der Waals surface area contributed by atoms with Gasteiger partial charge in [-0.15, -0.1) is 0 Å². The number of aliphatic imine (C=N–C) groups is 1. The molecule has 0 saturated heterocycles. The van der Waals surface area contributed by atoms with Crippen molar-refractivity contribution in [1.29, 1.82) is 5.26 Å². The van der Waals surface area contributed by atoms with Crippen molar-refractivity contribution in [2.75, 3.05) is 7.05 Å². The highest BCUT2D eigenvalue weighted by molar-refractivity contribution is 6.07. The molecule has 2 aromatic carbocycles. The first kappa shape index (κ1) is 19.5. The third kappa shape index (κ3) is 2.56. The van der Waals surface area contributed by atoms with Crippen molar-refractivity contribution in [2.45, 2.75) is 44.1 Å². The molecular weight excluding hydrogens is 396 g/mol. The number of hydrogen-bond donors (Lipinski definition) is 1. The summed E-state index contributed by atoms with van der Waals surface area (Å²) in [7, 11) is 1.75. The van der Waals surface area contributed by atoms with Crippen LogP contribution in [-0.4, -0.2) is 23.8 Å². The van der Waals surface area contributed by atoms with Crippen LogP contribution in [0.2, 0.25) is 0 Å². The summed E-state index contributed by atoms with van der Waals surface area (Å²) in [6.45, 7) is 0. The monoisotopic (exact) mass is 424 g/mol. The average Bonchev–Trinajstić information content (AvgIpc) is 3.03. The molecule has 5 nitrogen and oxygen atoms in total. The number of carbonyl (C=O) groups is 1. The number of nitriles is 1. The zero-order valence-electron chi connectivity index (χ0n) is 18.4. The van der Waals surface area contributed by atoms with E-state index in [1.54, 1.807) is 11.9 Å². The number of carbonyl (C=O) groups excluding carboxylic acids is 1. The quantitative estimate of drug-likeness (QED) is 0.792. The van der Waals surface area contributed by atoms with E-state index in [1.807, 2.05) is 36.4 Å². The maximum absolute atomic E-state index is 14.0. The maximum Gasteiger partial charge on any atom is 0.262 e. The van der Waals surface area contributed by atoms with Crippen molar-refractivity contribution >= 4 is 11.9 Å². The molecule has 7 rings (SSSR count). The number of nitrogens with zero attached hydrogens (tertiary/aromatic N) is 3. The minimum Gasteiger partial charge on any atom is -0.369 e. The number of amides is 1. The minimum absolute atomic E-state index is 0.0138. The van der Waals surface area contributed by atoms with E-state index in [1.165, 1.54) is 19.3 Å². The summed E-state index contributed by atoms with van der Waals surface area (Å²) >= 11 is 0. The van der Waals surface area contributed by atoms with Gasteiger partial charge in [-0.25, -0.2) is 4.99 Å². The summed E-state index contributed by atoms with van der Waals surface area (Å²) in [6.07, 6.45) is 7.09. The summed E-state index contributed by atoms with van der Waals surface area (Å²) in [5, 5.41) is 9.33. The molecule has 4 saturated carbocycles. The van der Waals surface area contributed by atoms with Crippen molar-refractivity contribution in [2.24, 2.45) is 33.9 Å². The Bertz CT molecular complexity index is 1160. The van der Waals surface area contributed by atoms with Crippen LogP contribution in [0.5, 0.6) is 0 Å². The van der Waals surface area contributed by atoms with Gasteiger partial charge in [0.25, 0.3) is 5.91 Å². The van der Waals surface area contributed by atoms with Crippen LogP contribution in [0.15, 0.2) is 53.5 Å². The van der Waals surface area contributed by atoms with Gasteiger partial charge in [0.1, 0.15) is 0 Å². The molecule has 1 amide bonds.